The van der Waals surface area contributed by atoms with Crippen LogP contribution in [-0.4, -0.2) is 10.9 Å². The largest absolute Gasteiger partial charge is 0.433 e. The van der Waals surface area contributed by atoms with Crippen molar-refractivity contribution in [2.75, 3.05) is 0 Å². The van der Waals surface area contributed by atoms with E-state index in [2.05, 4.69) is 10.3 Å². The van der Waals surface area contributed by atoms with E-state index < -0.39 is 17.8 Å². The fraction of sp³-hybridized carbons (Fsp3) is 0.188. The van der Waals surface area contributed by atoms with E-state index >= 15 is 0 Å². The van der Waals surface area contributed by atoms with Crippen LogP contribution in [0.5, 0.6) is 0 Å². The molecule has 1 aromatic carbocycles. The van der Waals surface area contributed by atoms with Gasteiger partial charge in [0.05, 0.1) is 23.2 Å². The number of hydrogen-bond acceptors (Lipinski definition) is 3. The average molecular weight is 319 g/mol. The zero-order valence-electron chi connectivity index (χ0n) is 12.1. The molecule has 2 aromatic rings. The van der Waals surface area contributed by atoms with Gasteiger partial charge >= 0.3 is 6.18 Å². The van der Waals surface area contributed by atoms with Crippen molar-refractivity contribution in [1.29, 1.82) is 5.26 Å². The van der Waals surface area contributed by atoms with Crippen LogP contribution in [0, 0.1) is 11.3 Å². The molecule has 0 radical (unpaired) electrons. The Labute approximate surface area is 130 Å². The van der Waals surface area contributed by atoms with E-state index in [1.807, 2.05) is 6.07 Å². The van der Waals surface area contributed by atoms with Gasteiger partial charge in [-0.1, -0.05) is 12.1 Å². The number of pyridine rings is 1. The summed E-state index contributed by atoms with van der Waals surface area (Å²) in [7, 11) is 0. The molecule has 1 aromatic heterocycles. The van der Waals surface area contributed by atoms with Gasteiger partial charge in [-0.2, -0.15) is 18.4 Å². The molecule has 23 heavy (non-hydrogen) atoms. The van der Waals surface area contributed by atoms with E-state index in [9.17, 15) is 18.0 Å². The molecule has 1 atom stereocenters. The second-order valence-corrected chi connectivity index (χ2v) is 4.86. The van der Waals surface area contributed by atoms with Crippen molar-refractivity contribution in [2.45, 2.75) is 19.1 Å². The van der Waals surface area contributed by atoms with Crippen molar-refractivity contribution in [2.24, 2.45) is 0 Å². The Morgan fingerprint density at radius 1 is 1.22 bits per heavy atom. The van der Waals surface area contributed by atoms with Crippen LogP contribution in [0.3, 0.4) is 0 Å². The van der Waals surface area contributed by atoms with Crippen molar-refractivity contribution >= 4 is 5.91 Å². The van der Waals surface area contributed by atoms with Crippen molar-refractivity contribution in [3.63, 3.8) is 0 Å². The molecule has 7 heteroatoms. The number of benzene rings is 1. The third kappa shape index (κ3) is 4.07. The predicted octanol–water partition coefficient (Wildman–Crippen LogP) is 3.46. The van der Waals surface area contributed by atoms with Gasteiger partial charge in [0.1, 0.15) is 5.69 Å². The van der Waals surface area contributed by atoms with Gasteiger partial charge in [-0.05, 0) is 36.8 Å². The van der Waals surface area contributed by atoms with Gasteiger partial charge in [-0.15, -0.1) is 0 Å². The number of nitriles is 1. The summed E-state index contributed by atoms with van der Waals surface area (Å²) in [6.07, 6.45) is -3.64. The monoisotopic (exact) mass is 319 g/mol. The predicted molar refractivity (Wildman–Crippen MR) is 76.3 cm³/mol. The Bertz CT molecular complexity index is 731. The number of aromatic nitrogens is 1. The minimum Gasteiger partial charge on any atom is -0.345 e. The van der Waals surface area contributed by atoms with Crippen LogP contribution in [0.25, 0.3) is 0 Å². The van der Waals surface area contributed by atoms with Gasteiger partial charge < -0.3 is 5.32 Å². The summed E-state index contributed by atoms with van der Waals surface area (Å²) < 4.78 is 37.3. The first-order valence-electron chi connectivity index (χ1n) is 6.65. The number of halogens is 3. The number of amides is 1. The SMILES string of the molecule is CC(NC(=O)c1ccc(C(F)(F)F)nc1)c1ccc(C#N)cc1. The zero-order valence-corrected chi connectivity index (χ0v) is 12.1. The molecule has 1 heterocycles. The summed E-state index contributed by atoms with van der Waals surface area (Å²) in [5.74, 6) is -0.525. The lowest BCUT2D eigenvalue weighted by Crippen LogP contribution is -2.27. The topological polar surface area (TPSA) is 65.8 Å². The van der Waals surface area contributed by atoms with Crippen molar-refractivity contribution in [1.82, 2.24) is 10.3 Å². The second kappa shape index (κ2) is 6.48. The highest BCUT2D eigenvalue weighted by atomic mass is 19.4. The highest BCUT2D eigenvalue weighted by molar-refractivity contribution is 5.94. The Morgan fingerprint density at radius 3 is 2.35 bits per heavy atom. The summed E-state index contributed by atoms with van der Waals surface area (Å²) in [6.45, 7) is 1.73. The summed E-state index contributed by atoms with van der Waals surface area (Å²) in [4.78, 5) is 15.3. The molecule has 0 saturated heterocycles. The third-order valence-electron chi connectivity index (χ3n) is 3.20. The van der Waals surface area contributed by atoms with E-state index in [4.69, 9.17) is 5.26 Å². The first-order valence-corrected chi connectivity index (χ1v) is 6.65. The number of nitrogens with one attached hydrogen (secondary N) is 1. The van der Waals surface area contributed by atoms with Gasteiger partial charge in [-0.3, -0.25) is 9.78 Å². The van der Waals surface area contributed by atoms with Gasteiger partial charge in [0.2, 0.25) is 0 Å². The van der Waals surface area contributed by atoms with Gasteiger partial charge in [0.25, 0.3) is 5.91 Å². The Kier molecular flexibility index (Phi) is 4.65. The lowest BCUT2D eigenvalue weighted by atomic mass is 10.1. The van der Waals surface area contributed by atoms with E-state index in [0.717, 1.165) is 23.9 Å². The molecule has 118 valence electrons. The van der Waals surface area contributed by atoms with Gasteiger partial charge in [-0.25, -0.2) is 0 Å². The number of carbonyl (C=O) groups is 1. The minimum absolute atomic E-state index is 0.0403. The molecule has 0 aliphatic carbocycles. The zero-order chi connectivity index (χ0) is 17.0. The highest BCUT2D eigenvalue weighted by Crippen LogP contribution is 2.27. The molecule has 0 fully saturated rings. The summed E-state index contributed by atoms with van der Waals surface area (Å²) in [6, 6.07) is 10.1. The number of rotatable bonds is 3. The van der Waals surface area contributed by atoms with Crippen molar-refractivity contribution in [3.05, 3.63) is 65.0 Å². The van der Waals surface area contributed by atoms with E-state index in [1.54, 1.807) is 31.2 Å². The molecule has 0 aliphatic heterocycles. The third-order valence-corrected chi connectivity index (χ3v) is 3.20. The molecular weight excluding hydrogens is 307 g/mol. The maximum absolute atomic E-state index is 12.4. The molecule has 0 bridgehead atoms. The van der Waals surface area contributed by atoms with Crippen molar-refractivity contribution < 1.29 is 18.0 Å². The van der Waals surface area contributed by atoms with E-state index in [0.29, 0.717) is 5.56 Å². The number of nitrogens with zero attached hydrogens (tertiary/aromatic N) is 2. The molecule has 0 saturated carbocycles. The molecular formula is C16H12F3N3O. The number of alkyl halides is 3. The van der Waals surface area contributed by atoms with Gasteiger partial charge in [0.15, 0.2) is 0 Å². The van der Waals surface area contributed by atoms with E-state index in [-0.39, 0.29) is 11.6 Å². The van der Waals surface area contributed by atoms with Crippen LogP contribution in [0.1, 0.15) is 40.1 Å². The van der Waals surface area contributed by atoms with Crippen molar-refractivity contribution in [3.8, 4) is 6.07 Å². The molecule has 0 aliphatic rings. The molecule has 2 rings (SSSR count). The second-order valence-electron chi connectivity index (χ2n) is 4.86. The Morgan fingerprint density at radius 2 is 1.87 bits per heavy atom. The lowest BCUT2D eigenvalue weighted by molar-refractivity contribution is -0.141. The van der Waals surface area contributed by atoms with Crippen LogP contribution < -0.4 is 5.32 Å². The van der Waals surface area contributed by atoms with Crippen LogP contribution in [-0.2, 0) is 6.18 Å². The summed E-state index contributed by atoms with van der Waals surface area (Å²) >= 11 is 0. The van der Waals surface area contributed by atoms with E-state index in [1.165, 1.54) is 0 Å². The first-order chi connectivity index (χ1) is 10.8. The molecule has 4 nitrogen and oxygen atoms in total. The summed E-state index contributed by atoms with van der Waals surface area (Å²) in [5, 5.41) is 11.4. The lowest BCUT2D eigenvalue weighted by Gasteiger charge is -2.14. The van der Waals surface area contributed by atoms with Crippen LogP contribution in [0.15, 0.2) is 42.6 Å². The maximum Gasteiger partial charge on any atom is 0.433 e. The average Bonchev–Trinajstić information content (AvgIpc) is 2.54. The molecule has 1 amide bonds. The molecule has 1 N–H and O–H groups in total. The number of hydrogen-bond donors (Lipinski definition) is 1. The van der Waals surface area contributed by atoms with Crippen LogP contribution in [0.4, 0.5) is 13.2 Å². The molecule has 0 spiro atoms. The highest BCUT2D eigenvalue weighted by Gasteiger charge is 2.32. The van der Waals surface area contributed by atoms with Crippen LogP contribution in [0.2, 0.25) is 0 Å². The maximum atomic E-state index is 12.4. The Balaban J connectivity index is 2.07. The normalized spacial score (nSPS) is 12.3. The molecule has 1 unspecified atom stereocenters. The first kappa shape index (κ1) is 16.5. The summed E-state index contributed by atoms with van der Waals surface area (Å²) in [5.41, 5.74) is 0.268. The standard InChI is InChI=1S/C16H12F3N3O/c1-10(12-4-2-11(8-20)3-5-12)22-15(23)13-6-7-14(21-9-13)16(17,18)19/h2-7,9-10H,1H3,(H,22,23). The quantitative estimate of drug-likeness (QED) is 0.942. The smallest absolute Gasteiger partial charge is 0.345 e. The fourth-order valence-corrected chi connectivity index (χ4v) is 1.91. The van der Waals surface area contributed by atoms with Gasteiger partial charge in [0, 0.05) is 6.20 Å². The number of carbonyl (C=O) groups excluding carboxylic acids is 1. The Hall–Kier alpha value is -2.88. The fourth-order valence-electron chi connectivity index (χ4n) is 1.91. The van der Waals surface area contributed by atoms with Crippen LogP contribution >= 0.6 is 0 Å². The minimum atomic E-state index is -4.54.